The molecule has 0 fully saturated rings. The molecule has 2 heterocycles. The van der Waals surface area contributed by atoms with Crippen LogP contribution < -0.4 is 16.6 Å². The Bertz CT molecular complexity index is 1180. The molecule has 3 aromatic rings. The normalized spacial score (nSPS) is 10.6. The molecule has 0 aliphatic rings. The summed E-state index contributed by atoms with van der Waals surface area (Å²) in [6, 6.07) is 7.39. The van der Waals surface area contributed by atoms with Crippen molar-refractivity contribution in [2.45, 2.75) is 0 Å². The first kappa shape index (κ1) is 18.1. The van der Waals surface area contributed by atoms with E-state index in [4.69, 9.17) is 0 Å². The summed E-state index contributed by atoms with van der Waals surface area (Å²) in [5, 5.41) is 2.85. The number of carbonyl (C=O) groups excluding carboxylic acids is 2. The van der Waals surface area contributed by atoms with Gasteiger partial charge in [0.2, 0.25) is 0 Å². The van der Waals surface area contributed by atoms with Gasteiger partial charge in [-0.05, 0) is 30.3 Å². The van der Waals surface area contributed by atoms with Crippen LogP contribution in [0, 0.1) is 0 Å². The molecule has 9 nitrogen and oxygen atoms in total. The van der Waals surface area contributed by atoms with Crippen molar-refractivity contribution >= 4 is 28.6 Å². The number of pyridine rings is 1. The number of amides is 1. The molecule has 0 bridgehead atoms. The summed E-state index contributed by atoms with van der Waals surface area (Å²) in [5.41, 5.74) is 0.187. The lowest BCUT2D eigenvalue weighted by atomic mass is 10.1. The number of benzene rings is 1. The van der Waals surface area contributed by atoms with Crippen LogP contribution in [0.1, 0.15) is 20.7 Å². The Balaban J connectivity index is 1.92. The van der Waals surface area contributed by atoms with E-state index in [0.29, 0.717) is 16.8 Å². The van der Waals surface area contributed by atoms with E-state index < -0.39 is 23.1 Å². The highest BCUT2D eigenvalue weighted by Gasteiger charge is 2.13. The van der Waals surface area contributed by atoms with Crippen LogP contribution in [0.5, 0.6) is 0 Å². The lowest BCUT2D eigenvalue weighted by molar-refractivity contribution is 0.0600. The molecule has 1 N–H and O–H groups in total. The van der Waals surface area contributed by atoms with Crippen molar-refractivity contribution in [2.24, 2.45) is 14.1 Å². The zero-order chi connectivity index (χ0) is 19.7. The summed E-state index contributed by atoms with van der Waals surface area (Å²) in [5.74, 6) is -0.934. The van der Waals surface area contributed by atoms with Crippen molar-refractivity contribution in [1.29, 1.82) is 0 Å². The Labute approximate surface area is 152 Å². The number of fused-ring (bicyclic) bond motifs is 1. The molecule has 0 saturated heterocycles. The number of hydrogen-bond donors (Lipinski definition) is 1. The first-order chi connectivity index (χ1) is 12.8. The number of esters is 1. The minimum atomic E-state index is -0.501. The van der Waals surface area contributed by atoms with Crippen LogP contribution in [0.15, 0.2) is 46.1 Å². The number of ether oxygens (including phenoxy) is 1. The molecule has 0 saturated carbocycles. The number of hydrogen-bond acceptors (Lipinski definition) is 6. The average Bonchev–Trinajstić information content (AvgIpc) is 2.70. The molecule has 138 valence electrons. The van der Waals surface area contributed by atoms with Gasteiger partial charge in [-0.1, -0.05) is 0 Å². The maximum absolute atomic E-state index is 12.4. The number of rotatable bonds is 3. The van der Waals surface area contributed by atoms with E-state index in [1.54, 1.807) is 0 Å². The zero-order valence-electron chi connectivity index (χ0n) is 14.8. The lowest BCUT2D eigenvalue weighted by Crippen LogP contribution is -2.37. The molecule has 0 aliphatic heterocycles. The summed E-state index contributed by atoms with van der Waals surface area (Å²) in [7, 11) is 4.16. The highest BCUT2D eigenvalue weighted by atomic mass is 16.5. The highest BCUT2D eigenvalue weighted by Crippen LogP contribution is 2.14. The number of nitrogens with zero attached hydrogens (tertiary/aromatic N) is 3. The Morgan fingerprint density at radius 3 is 2.30 bits per heavy atom. The minimum absolute atomic E-state index is 0.207. The van der Waals surface area contributed by atoms with Crippen LogP contribution in [0.4, 0.5) is 5.69 Å². The summed E-state index contributed by atoms with van der Waals surface area (Å²) >= 11 is 0. The quantitative estimate of drug-likeness (QED) is 0.680. The van der Waals surface area contributed by atoms with Crippen molar-refractivity contribution in [3.05, 3.63) is 68.5 Å². The average molecular weight is 368 g/mol. The molecule has 27 heavy (non-hydrogen) atoms. The van der Waals surface area contributed by atoms with Gasteiger partial charge in [-0.15, -0.1) is 0 Å². The van der Waals surface area contributed by atoms with E-state index in [0.717, 1.165) is 4.57 Å². The highest BCUT2D eigenvalue weighted by molar-refractivity contribution is 6.05. The Morgan fingerprint density at radius 2 is 1.67 bits per heavy atom. The number of anilines is 1. The third-order valence-corrected chi connectivity index (χ3v) is 4.12. The van der Waals surface area contributed by atoms with Gasteiger partial charge in [-0.25, -0.2) is 14.6 Å². The fourth-order valence-electron chi connectivity index (χ4n) is 2.61. The van der Waals surface area contributed by atoms with Crippen LogP contribution in [0.3, 0.4) is 0 Å². The van der Waals surface area contributed by atoms with E-state index in [1.807, 2.05) is 0 Å². The Hall–Kier alpha value is -3.75. The predicted molar refractivity (Wildman–Crippen MR) is 98.0 cm³/mol. The van der Waals surface area contributed by atoms with E-state index >= 15 is 0 Å². The minimum Gasteiger partial charge on any atom is -0.465 e. The van der Waals surface area contributed by atoms with Crippen molar-refractivity contribution in [3.8, 4) is 0 Å². The number of carbonyl (C=O) groups is 2. The largest absolute Gasteiger partial charge is 0.465 e. The van der Waals surface area contributed by atoms with Crippen LogP contribution in [0.25, 0.3) is 11.0 Å². The second kappa shape index (κ2) is 6.87. The molecular formula is C18H16N4O5. The molecule has 0 aliphatic carbocycles. The van der Waals surface area contributed by atoms with E-state index in [1.165, 1.54) is 62.3 Å². The first-order valence-electron chi connectivity index (χ1n) is 7.89. The van der Waals surface area contributed by atoms with Crippen LogP contribution in [-0.4, -0.2) is 33.1 Å². The van der Waals surface area contributed by atoms with Gasteiger partial charge in [0.1, 0.15) is 5.65 Å². The number of aromatic nitrogens is 3. The molecular weight excluding hydrogens is 352 g/mol. The van der Waals surface area contributed by atoms with E-state index in [9.17, 15) is 19.2 Å². The molecule has 3 rings (SSSR count). The molecule has 9 heteroatoms. The molecule has 0 atom stereocenters. The van der Waals surface area contributed by atoms with Gasteiger partial charge >= 0.3 is 11.7 Å². The van der Waals surface area contributed by atoms with E-state index in [2.05, 4.69) is 15.0 Å². The fraction of sp³-hybridized carbons (Fsp3) is 0.167. The first-order valence-corrected chi connectivity index (χ1v) is 7.89. The van der Waals surface area contributed by atoms with Gasteiger partial charge in [0.15, 0.2) is 0 Å². The Kier molecular flexibility index (Phi) is 4.59. The molecule has 2 aromatic heterocycles. The standard InChI is InChI=1S/C18H16N4O5/c1-21-14-13(16(24)22(2)18(21)26)8-12(9-19-14)20-15(23)10-4-6-11(7-5-10)17(25)27-3/h4-9H,1-3H3,(H,20,23). The van der Waals surface area contributed by atoms with Gasteiger partial charge in [0, 0.05) is 19.7 Å². The second-order valence-corrected chi connectivity index (χ2v) is 5.82. The van der Waals surface area contributed by atoms with Crippen LogP contribution in [-0.2, 0) is 18.8 Å². The zero-order valence-corrected chi connectivity index (χ0v) is 14.8. The van der Waals surface area contributed by atoms with Crippen molar-refractivity contribution < 1.29 is 14.3 Å². The third-order valence-electron chi connectivity index (χ3n) is 4.12. The molecule has 0 unspecified atom stereocenters. The maximum Gasteiger partial charge on any atom is 0.337 e. The monoisotopic (exact) mass is 368 g/mol. The van der Waals surface area contributed by atoms with Gasteiger partial charge in [0.05, 0.1) is 29.9 Å². The molecule has 0 radical (unpaired) electrons. The maximum atomic E-state index is 12.4. The number of aryl methyl sites for hydroxylation is 1. The number of methoxy groups -OCH3 is 1. The van der Waals surface area contributed by atoms with Gasteiger partial charge in [-0.3, -0.25) is 18.7 Å². The number of nitrogens with one attached hydrogen (secondary N) is 1. The summed E-state index contributed by atoms with van der Waals surface area (Å²) in [6.45, 7) is 0. The molecule has 1 amide bonds. The van der Waals surface area contributed by atoms with E-state index in [-0.39, 0.29) is 11.0 Å². The Morgan fingerprint density at radius 1 is 1.04 bits per heavy atom. The van der Waals surface area contributed by atoms with Crippen molar-refractivity contribution in [1.82, 2.24) is 14.1 Å². The van der Waals surface area contributed by atoms with Crippen molar-refractivity contribution in [2.75, 3.05) is 12.4 Å². The SMILES string of the molecule is COC(=O)c1ccc(C(=O)Nc2cnc3c(c2)c(=O)n(C)c(=O)n3C)cc1. The van der Waals surface area contributed by atoms with Gasteiger partial charge in [-0.2, -0.15) is 0 Å². The smallest absolute Gasteiger partial charge is 0.337 e. The molecule has 1 aromatic carbocycles. The van der Waals surface area contributed by atoms with Crippen LogP contribution in [0.2, 0.25) is 0 Å². The summed E-state index contributed by atoms with van der Waals surface area (Å²) in [4.78, 5) is 52.2. The third kappa shape index (κ3) is 3.22. The molecule has 0 spiro atoms. The van der Waals surface area contributed by atoms with Gasteiger partial charge < -0.3 is 10.1 Å². The van der Waals surface area contributed by atoms with Crippen molar-refractivity contribution in [3.63, 3.8) is 0 Å². The van der Waals surface area contributed by atoms with Crippen LogP contribution >= 0.6 is 0 Å². The lowest BCUT2D eigenvalue weighted by Gasteiger charge is -2.09. The topological polar surface area (TPSA) is 112 Å². The van der Waals surface area contributed by atoms with Gasteiger partial charge in [0.25, 0.3) is 11.5 Å². The second-order valence-electron chi connectivity index (χ2n) is 5.82. The predicted octanol–water partition coefficient (Wildman–Crippen LogP) is 0.671. The summed E-state index contributed by atoms with van der Waals surface area (Å²) in [6.07, 6.45) is 1.36. The summed E-state index contributed by atoms with van der Waals surface area (Å²) < 4.78 is 6.84. The fourth-order valence-corrected chi connectivity index (χ4v) is 2.61.